The van der Waals surface area contributed by atoms with Crippen molar-refractivity contribution < 1.29 is 9.53 Å². The van der Waals surface area contributed by atoms with E-state index >= 15 is 0 Å². The van der Waals surface area contributed by atoms with Gasteiger partial charge < -0.3 is 10.5 Å². The fourth-order valence-electron chi connectivity index (χ4n) is 1.51. The predicted octanol–water partition coefficient (Wildman–Crippen LogP) is 2.54. The first-order valence-corrected chi connectivity index (χ1v) is 4.73. The zero-order valence-electron chi connectivity index (χ0n) is 9.09. The molecule has 0 heterocycles. The van der Waals surface area contributed by atoms with Crippen LogP contribution in [0.3, 0.4) is 0 Å². The van der Waals surface area contributed by atoms with Crippen molar-refractivity contribution in [1.82, 2.24) is 0 Å². The minimum Gasteiger partial charge on any atom is -0.450 e. The number of ether oxygens (including phenoxy) is 1. The van der Waals surface area contributed by atoms with Crippen LogP contribution in [-0.4, -0.2) is 12.7 Å². The number of carbonyl (C=O) groups is 1. The largest absolute Gasteiger partial charge is 0.450 e. The summed E-state index contributed by atoms with van der Waals surface area (Å²) in [6, 6.07) is 0. The van der Waals surface area contributed by atoms with Gasteiger partial charge in [-0.2, -0.15) is 0 Å². The summed E-state index contributed by atoms with van der Waals surface area (Å²) in [5.74, 6) is 0.569. The summed E-state index contributed by atoms with van der Waals surface area (Å²) in [5, 5.41) is 0. The lowest BCUT2D eigenvalue weighted by Crippen LogP contribution is -2.17. The second kappa shape index (κ2) is 5.10. The lowest BCUT2D eigenvalue weighted by molar-refractivity contribution is 0.145. The molecule has 0 aromatic heterocycles. The van der Waals surface area contributed by atoms with E-state index in [-0.39, 0.29) is 0 Å². The Hall–Kier alpha value is -0.730. The van der Waals surface area contributed by atoms with Gasteiger partial charge in [0, 0.05) is 0 Å². The molecule has 1 atom stereocenters. The van der Waals surface area contributed by atoms with E-state index in [1.807, 2.05) is 0 Å². The second-order valence-corrected chi connectivity index (χ2v) is 4.83. The second-order valence-electron chi connectivity index (χ2n) is 4.83. The van der Waals surface area contributed by atoms with Crippen molar-refractivity contribution >= 4 is 6.09 Å². The monoisotopic (exact) mass is 187 g/mol. The van der Waals surface area contributed by atoms with Gasteiger partial charge in [0.2, 0.25) is 0 Å². The van der Waals surface area contributed by atoms with Gasteiger partial charge in [0.1, 0.15) is 0 Å². The molecule has 3 nitrogen and oxygen atoms in total. The summed E-state index contributed by atoms with van der Waals surface area (Å²) in [5.41, 5.74) is 5.18. The van der Waals surface area contributed by atoms with E-state index in [4.69, 9.17) is 5.73 Å². The molecule has 78 valence electrons. The highest BCUT2D eigenvalue weighted by Crippen LogP contribution is 2.25. The maximum absolute atomic E-state index is 10.3. The predicted molar refractivity (Wildman–Crippen MR) is 53.4 cm³/mol. The lowest BCUT2D eigenvalue weighted by atomic mass is 9.84. The van der Waals surface area contributed by atoms with Crippen LogP contribution in [0.25, 0.3) is 0 Å². The highest BCUT2D eigenvalue weighted by atomic mass is 16.5. The van der Waals surface area contributed by atoms with Crippen LogP contribution >= 0.6 is 0 Å². The van der Waals surface area contributed by atoms with Gasteiger partial charge in [0.15, 0.2) is 0 Å². The van der Waals surface area contributed by atoms with E-state index in [0.717, 1.165) is 12.8 Å². The average Bonchev–Trinajstić information content (AvgIpc) is 1.81. The summed E-state index contributed by atoms with van der Waals surface area (Å²) in [6.45, 7) is 9.22. The molecule has 0 aromatic rings. The molecular formula is C10H21NO2. The fourth-order valence-corrected chi connectivity index (χ4v) is 1.51. The summed E-state index contributed by atoms with van der Waals surface area (Å²) in [7, 11) is 0. The van der Waals surface area contributed by atoms with E-state index in [9.17, 15) is 4.79 Å². The van der Waals surface area contributed by atoms with Gasteiger partial charge in [-0.3, -0.25) is 0 Å². The third kappa shape index (κ3) is 9.18. The molecule has 0 saturated heterocycles. The Morgan fingerprint density at radius 2 is 2.00 bits per heavy atom. The topological polar surface area (TPSA) is 52.3 Å². The molecule has 0 radical (unpaired) electrons. The van der Waals surface area contributed by atoms with E-state index in [2.05, 4.69) is 32.4 Å². The van der Waals surface area contributed by atoms with Crippen molar-refractivity contribution in [3.8, 4) is 0 Å². The van der Waals surface area contributed by atoms with E-state index < -0.39 is 6.09 Å². The normalized spacial score (nSPS) is 13.8. The summed E-state index contributed by atoms with van der Waals surface area (Å²) in [4.78, 5) is 10.3. The maximum atomic E-state index is 10.3. The summed E-state index contributed by atoms with van der Waals surface area (Å²) >= 11 is 0. The molecule has 0 aliphatic rings. The van der Waals surface area contributed by atoms with Crippen molar-refractivity contribution in [2.45, 2.75) is 40.5 Å². The van der Waals surface area contributed by atoms with Crippen LogP contribution in [0.4, 0.5) is 4.79 Å². The first-order valence-electron chi connectivity index (χ1n) is 4.73. The van der Waals surface area contributed by atoms with Crippen LogP contribution in [0, 0.1) is 11.3 Å². The lowest BCUT2D eigenvalue weighted by Gasteiger charge is -2.22. The molecule has 1 amide bonds. The summed E-state index contributed by atoms with van der Waals surface area (Å²) < 4.78 is 4.67. The van der Waals surface area contributed by atoms with Crippen LogP contribution in [0.5, 0.6) is 0 Å². The Labute approximate surface area is 80.6 Å². The van der Waals surface area contributed by atoms with Crippen LogP contribution in [0.1, 0.15) is 40.5 Å². The number of nitrogens with two attached hydrogens (primary N) is 1. The van der Waals surface area contributed by atoms with Gasteiger partial charge in [-0.05, 0) is 24.2 Å². The van der Waals surface area contributed by atoms with Crippen LogP contribution in [0.15, 0.2) is 0 Å². The minimum absolute atomic E-state index is 0.339. The van der Waals surface area contributed by atoms with Crippen molar-refractivity contribution in [2.75, 3.05) is 6.61 Å². The highest BCUT2D eigenvalue weighted by molar-refractivity contribution is 5.64. The molecule has 0 fully saturated rings. The van der Waals surface area contributed by atoms with Gasteiger partial charge in [-0.15, -0.1) is 0 Å². The first kappa shape index (κ1) is 12.3. The van der Waals surface area contributed by atoms with Crippen LogP contribution < -0.4 is 5.73 Å². The Balaban J connectivity index is 3.52. The number of primary amides is 1. The Kier molecular flexibility index (Phi) is 4.81. The zero-order chi connectivity index (χ0) is 10.5. The molecule has 0 aromatic carbocycles. The maximum Gasteiger partial charge on any atom is 0.404 e. The third-order valence-corrected chi connectivity index (χ3v) is 1.82. The number of amides is 1. The van der Waals surface area contributed by atoms with E-state index in [1.54, 1.807) is 0 Å². The van der Waals surface area contributed by atoms with E-state index in [0.29, 0.717) is 17.9 Å². The number of rotatable bonds is 4. The van der Waals surface area contributed by atoms with Gasteiger partial charge in [-0.1, -0.05) is 27.7 Å². The first-order chi connectivity index (χ1) is 5.81. The van der Waals surface area contributed by atoms with Gasteiger partial charge in [0.05, 0.1) is 6.61 Å². The smallest absolute Gasteiger partial charge is 0.404 e. The standard InChI is InChI=1S/C10H21NO2/c1-8(7-10(2,3)4)5-6-13-9(11)12/h8H,5-7H2,1-4H3,(H2,11,12). The molecule has 0 spiro atoms. The van der Waals surface area contributed by atoms with Crippen molar-refractivity contribution in [1.29, 1.82) is 0 Å². The number of hydrogen-bond donors (Lipinski definition) is 1. The molecule has 0 aliphatic carbocycles. The highest BCUT2D eigenvalue weighted by Gasteiger charge is 2.15. The van der Waals surface area contributed by atoms with Gasteiger partial charge in [0.25, 0.3) is 0 Å². The Bertz CT molecular complexity index is 161. The van der Waals surface area contributed by atoms with Gasteiger partial charge in [-0.25, -0.2) is 4.79 Å². The van der Waals surface area contributed by atoms with Crippen molar-refractivity contribution in [3.63, 3.8) is 0 Å². The molecule has 13 heavy (non-hydrogen) atoms. The van der Waals surface area contributed by atoms with E-state index in [1.165, 1.54) is 0 Å². The van der Waals surface area contributed by atoms with Gasteiger partial charge >= 0.3 is 6.09 Å². The SMILES string of the molecule is CC(CCOC(N)=O)CC(C)(C)C. The van der Waals surface area contributed by atoms with Crippen LogP contribution in [-0.2, 0) is 4.74 Å². The molecule has 0 rings (SSSR count). The number of hydrogen-bond acceptors (Lipinski definition) is 2. The molecular weight excluding hydrogens is 166 g/mol. The molecule has 1 unspecified atom stereocenters. The third-order valence-electron chi connectivity index (χ3n) is 1.82. The Morgan fingerprint density at radius 3 is 2.38 bits per heavy atom. The fraction of sp³-hybridized carbons (Fsp3) is 0.900. The molecule has 2 N–H and O–H groups in total. The molecule has 3 heteroatoms. The van der Waals surface area contributed by atoms with Crippen molar-refractivity contribution in [3.05, 3.63) is 0 Å². The molecule has 0 saturated carbocycles. The average molecular weight is 187 g/mol. The van der Waals surface area contributed by atoms with Crippen molar-refractivity contribution in [2.24, 2.45) is 17.1 Å². The zero-order valence-corrected chi connectivity index (χ0v) is 9.09. The van der Waals surface area contributed by atoms with Crippen LogP contribution in [0.2, 0.25) is 0 Å². The minimum atomic E-state index is -0.678. The number of carbonyl (C=O) groups excluding carboxylic acids is 1. The molecule has 0 aliphatic heterocycles. The quantitative estimate of drug-likeness (QED) is 0.735. The Morgan fingerprint density at radius 1 is 1.46 bits per heavy atom. The molecule has 0 bridgehead atoms. The summed E-state index contributed by atoms with van der Waals surface area (Å²) in [6.07, 6.45) is 1.35.